The SMILES string of the molecule is O=C(C1CCN(CCSc2ccccc2F)CC1)N1CCCCC1. The van der Waals surface area contributed by atoms with Gasteiger partial charge in [0.25, 0.3) is 0 Å². The molecule has 0 aliphatic carbocycles. The number of carbonyl (C=O) groups is 1. The van der Waals surface area contributed by atoms with Crippen LogP contribution >= 0.6 is 11.8 Å². The molecular formula is C19H27FN2OS. The van der Waals surface area contributed by atoms with Crippen molar-refractivity contribution >= 4 is 17.7 Å². The number of benzene rings is 1. The number of piperidine rings is 2. The van der Waals surface area contributed by atoms with Crippen LogP contribution in [0.4, 0.5) is 4.39 Å². The Balaban J connectivity index is 1.37. The number of carbonyl (C=O) groups excluding carboxylic acids is 1. The summed E-state index contributed by atoms with van der Waals surface area (Å²) in [5.41, 5.74) is 0. The van der Waals surface area contributed by atoms with E-state index in [0.717, 1.165) is 69.1 Å². The molecule has 1 aromatic carbocycles. The molecule has 5 heteroatoms. The number of likely N-dealkylation sites (tertiary alicyclic amines) is 2. The molecule has 1 amide bonds. The molecular weight excluding hydrogens is 323 g/mol. The van der Waals surface area contributed by atoms with Crippen LogP contribution in [-0.2, 0) is 4.79 Å². The van der Waals surface area contributed by atoms with Crippen molar-refractivity contribution in [2.45, 2.75) is 37.0 Å². The van der Waals surface area contributed by atoms with Gasteiger partial charge in [-0.05, 0) is 57.3 Å². The summed E-state index contributed by atoms with van der Waals surface area (Å²) >= 11 is 1.58. The zero-order valence-corrected chi connectivity index (χ0v) is 15.1. The first-order chi connectivity index (χ1) is 11.7. The van der Waals surface area contributed by atoms with Crippen LogP contribution in [0.5, 0.6) is 0 Å². The largest absolute Gasteiger partial charge is 0.342 e. The highest BCUT2D eigenvalue weighted by atomic mass is 32.2. The van der Waals surface area contributed by atoms with Crippen molar-refractivity contribution in [2.75, 3.05) is 38.5 Å². The van der Waals surface area contributed by atoms with Gasteiger partial charge in [-0.15, -0.1) is 11.8 Å². The summed E-state index contributed by atoms with van der Waals surface area (Å²) in [6, 6.07) is 6.95. The fraction of sp³-hybridized carbons (Fsp3) is 0.632. The van der Waals surface area contributed by atoms with Gasteiger partial charge in [-0.1, -0.05) is 12.1 Å². The van der Waals surface area contributed by atoms with Crippen molar-refractivity contribution in [1.82, 2.24) is 9.80 Å². The quantitative estimate of drug-likeness (QED) is 0.758. The molecule has 3 nitrogen and oxygen atoms in total. The molecule has 0 saturated carbocycles. The molecule has 132 valence electrons. The molecule has 2 heterocycles. The lowest BCUT2D eigenvalue weighted by Gasteiger charge is -2.35. The zero-order valence-electron chi connectivity index (χ0n) is 14.3. The minimum atomic E-state index is -0.131. The molecule has 0 radical (unpaired) electrons. The molecule has 1 aromatic rings. The maximum atomic E-state index is 13.6. The Hall–Kier alpha value is -1.07. The number of hydrogen-bond donors (Lipinski definition) is 0. The van der Waals surface area contributed by atoms with E-state index in [9.17, 15) is 9.18 Å². The van der Waals surface area contributed by atoms with Crippen molar-refractivity contribution in [3.63, 3.8) is 0 Å². The maximum Gasteiger partial charge on any atom is 0.225 e. The summed E-state index contributed by atoms with van der Waals surface area (Å²) in [7, 11) is 0. The smallest absolute Gasteiger partial charge is 0.225 e. The van der Waals surface area contributed by atoms with Crippen molar-refractivity contribution in [3.05, 3.63) is 30.1 Å². The van der Waals surface area contributed by atoms with Gasteiger partial charge in [0.2, 0.25) is 5.91 Å². The van der Waals surface area contributed by atoms with Crippen molar-refractivity contribution < 1.29 is 9.18 Å². The van der Waals surface area contributed by atoms with Gasteiger partial charge >= 0.3 is 0 Å². The monoisotopic (exact) mass is 350 g/mol. The van der Waals surface area contributed by atoms with Gasteiger partial charge in [-0.25, -0.2) is 4.39 Å². The first-order valence-electron chi connectivity index (χ1n) is 9.12. The van der Waals surface area contributed by atoms with Gasteiger partial charge in [0.15, 0.2) is 0 Å². The van der Waals surface area contributed by atoms with Crippen molar-refractivity contribution in [3.8, 4) is 0 Å². The number of rotatable bonds is 5. The molecule has 24 heavy (non-hydrogen) atoms. The van der Waals surface area contributed by atoms with Crippen molar-refractivity contribution in [2.24, 2.45) is 5.92 Å². The summed E-state index contributed by atoms with van der Waals surface area (Å²) in [6.07, 6.45) is 5.54. The number of nitrogens with zero attached hydrogens (tertiary/aromatic N) is 2. The fourth-order valence-electron chi connectivity index (χ4n) is 3.62. The summed E-state index contributed by atoms with van der Waals surface area (Å²) in [5, 5.41) is 0. The van der Waals surface area contributed by atoms with Gasteiger partial charge < -0.3 is 9.80 Å². The average Bonchev–Trinajstić information content (AvgIpc) is 2.64. The Bertz CT molecular complexity index is 540. The van der Waals surface area contributed by atoms with E-state index in [1.165, 1.54) is 12.5 Å². The minimum Gasteiger partial charge on any atom is -0.342 e. The Morgan fingerprint density at radius 2 is 1.79 bits per heavy atom. The molecule has 0 bridgehead atoms. The Labute approximate surface area is 148 Å². The van der Waals surface area contributed by atoms with Crippen LogP contribution in [0.25, 0.3) is 0 Å². The number of thioether (sulfide) groups is 1. The van der Waals surface area contributed by atoms with Crippen LogP contribution in [0.15, 0.2) is 29.2 Å². The van der Waals surface area contributed by atoms with E-state index in [0.29, 0.717) is 5.91 Å². The highest BCUT2D eigenvalue weighted by Crippen LogP contribution is 2.24. The lowest BCUT2D eigenvalue weighted by molar-refractivity contribution is -0.138. The van der Waals surface area contributed by atoms with E-state index < -0.39 is 0 Å². The van der Waals surface area contributed by atoms with E-state index in [2.05, 4.69) is 9.80 Å². The second-order valence-corrected chi connectivity index (χ2v) is 7.92. The predicted octanol–water partition coefficient (Wildman–Crippen LogP) is 3.64. The zero-order chi connectivity index (χ0) is 16.8. The highest BCUT2D eigenvalue weighted by molar-refractivity contribution is 7.99. The molecule has 0 atom stereocenters. The second kappa shape index (κ2) is 8.86. The lowest BCUT2D eigenvalue weighted by atomic mass is 9.94. The van der Waals surface area contributed by atoms with E-state index in [-0.39, 0.29) is 11.7 Å². The Morgan fingerprint density at radius 1 is 1.08 bits per heavy atom. The normalized spacial score (nSPS) is 20.3. The molecule has 2 aliphatic rings. The lowest BCUT2D eigenvalue weighted by Crippen LogP contribution is -2.44. The molecule has 3 rings (SSSR count). The summed E-state index contributed by atoms with van der Waals surface area (Å²) in [6.45, 7) is 4.85. The van der Waals surface area contributed by atoms with Crippen LogP contribution in [0.3, 0.4) is 0 Å². The molecule has 0 N–H and O–H groups in total. The van der Waals surface area contributed by atoms with Gasteiger partial charge in [-0.3, -0.25) is 4.79 Å². The molecule has 0 aromatic heterocycles. The first-order valence-corrected chi connectivity index (χ1v) is 10.1. The minimum absolute atomic E-state index is 0.131. The van der Waals surface area contributed by atoms with Crippen LogP contribution in [0.1, 0.15) is 32.1 Å². The first kappa shape index (κ1) is 17.7. The third-order valence-electron chi connectivity index (χ3n) is 5.11. The summed E-state index contributed by atoms with van der Waals surface area (Å²) in [5.74, 6) is 1.37. The fourth-order valence-corrected chi connectivity index (χ4v) is 4.57. The van der Waals surface area contributed by atoms with E-state index in [4.69, 9.17) is 0 Å². The third kappa shape index (κ3) is 4.73. The van der Waals surface area contributed by atoms with Gasteiger partial charge in [-0.2, -0.15) is 0 Å². The Morgan fingerprint density at radius 3 is 2.50 bits per heavy atom. The van der Waals surface area contributed by atoms with Gasteiger partial charge in [0, 0.05) is 36.2 Å². The number of halogens is 1. The summed E-state index contributed by atoms with van der Waals surface area (Å²) < 4.78 is 13.6. The van der Waals surface area contributed by atoms with Crippen LogP contribution in [-0.4, -0.2) is 54.2 Å². The van der Waals surface area contributed by atoms with E-state index >= 15 is 0 Å². The Kier molecular flexibility index (Phi) is 6.55. The molecule has 0 spiro atoms. The highest BCUT2D eigenvalue weighted by Gasteiger charge is 2.28. The topological polar surface area (TPSA) is 23.6 Å². The maximum absolute atomic E-state index is 13.6. The second-order valence-electron chi connectivity index (χ2n) is 6.78. The van der Waals surface area contributed by atoms with Crippen molar-refractivity contribution in [1.29, 1.82) is 0 Å². The molecule has 0 unspecified atom stereocenters. The van der Waals surface area contributed by atoms with Crippen LogP contribution in [0, 0.1) is 11.7 Å². The number of amides is 1. The average molecular weight is 351 g/mol. The molecule has 2 saturated heterocycles. The van der Waals surface area contributed by atoms with Crippen LogP contribution < -0.4 is 0 Å². The van der Waals surface area contributed by atoms with Gasteiger partial charge in [0.1, 0.15) is 5.82 Å². The molecule has 2 fully saturated rings. The summed E-state index contributed by atoms with van der Waals surface area (Å²) in [4.78, 5) is 17.8. The molecule has 2 aliphatic heterocycles. The van der Waals surface area contributed by atoms with Gasteiger partial charge in [0.05, 0.1) is 0 Å². The third-order valence-corrected chi connectivity index (χ3v) is 6.14. The predicted molar refractivity (Wildman–Crippen MR) is 96.7 cm³/mol. The van der Waals surface area contributed by atoms with E-state index in [1.54, 1.807) is 17.8 Å². The number of hydrogen-bond acceptors (Lipinski definition) is 3. The van der Waals surface area contributed by atoms with E-state index in [1.807, 2.05) is 12.1 Å². The van der Waals surface area contributed by atoms with Crippen LogP contribution in [0.2, 0.25) is 0 Å². The standard InChI is InChI=1S/C19H27FN2OS/c20-17-6-2-3-7-18(17)24-15-14-21-12-8-16(9-13-21)19(23)22-10-4-1-5-11-22/h2-3,6-7,16H,1,4-5,8-15H2.